The molecule has 0 saturated carbocycles. The van der Waals surface area contributed by atoms with Gasteiger partial charge in [-0.1, -0.05) is 28.9 Å². The van der Waals surface area contributed by atoms with E-state index in [0.717, 1.165) is 16.7 Å². The van der Waals surface area contributed by atoms with Crippen LogP contribution in [0.15, 0.2) is 69.0 Å². The van der Waals surface area contributed by atoms with Crippen LogP contribution in [-0.2, 0) is 4.84 Å². The van der Waals surface area contributed by atoms with E-state index in [1.54, 1.807) is 12.1 Å². The lowest BCUT2D eigenvalue weighted by molar-refractivity contribution is 0.0471. The van der Waals surface area contributed by atoms with Crippen LogP contribution in [0.25, 0.3) is 11.0 Å². The van der Waals surface area contributed by atoms with Crippen molar-refractivity contribution in [2.75, 3.05) is 6.61 Å². The number of halogens is 1. The molecule has 1 aromatic heterocycles. The lowest BCUT2D eigenvalue weighted by Gasteiger charge is -2.10. The van der Waals surface area contributed by atoms with Crippen molar-refractivity contribution in [2.45, 2.75) is 12.5 Å². The van der Waals surface area contributed by atoms with Gasteiger partial charge in [-0.2, -0.15) is 0 Å². The van der Waals surface area contributed by atoms with E-state index in [1.807, 2.05) is 36.4 Å². The third-order valence-electron chi connectivity index (χ3n) is 3.94. The van der Waals surface area contributed by atoms with Gasteiger partial charge in [-0.25, -0.2) is 4.79 Å². The lowest BCUT2D eigenvalue weighted by atomic mass is 10.1. The maximum absolute atomic E-state index is 11.3. The van der Waals surface area contributed by atoms with Gasteiger partial charge in [0.05, 0.1) is 5.71 Å². The van der Waals surface area contributed by atoms with Crippen LogP contribution in [0.1, 0.15) is 12.0 Å². The molecule has 25 heavy (non-hydrogen) atoms. The molecule has 0 bridgehead atoms. The van der Waals surface area contributed by atoms with Crippen molar-refractivity contribution in [1.29, 1.82) is 0 Å². The van der Waals surface area contributed by atoms with Crippen LogP contribution in [0, 0.1) is 0 Å². The molecular weight excluding hydrogens is 342 g/mol. The van der Waals surface area contributed by atoms with Gasteiger partial charge >= 0.3 is 5.63 Å². The second-order valence-corrected chi connectivity index (χ2v) is 6.18. The molecule has 0 spiro atoms. The van der Waals surface area contributed by atoms with E-state index in [-0.39, 0.29) is 11.7 Å². The highest BCUT2D eigenvalue weighted by Crippen LogP contribution is 2.22. The zero-order valence-corrected chi connectivity index (χ0v) is 13.9. The van der Waals surface area contributed by atoms with Gasteiger partial charge < -0.3 is 14.0 Å². The molecule has 2 heterocycles. The highest BCUT2D eigenvalue weighted by atomic mass is 35.5. The molecular formula is C19H14ClNO4. The summed E-state index contributed by atoms with van der Waals surface area (Å²) in [5, 5.41) is 5.66. The Morgan fingerprint density at radius 3 is 2.76 bits per heavy atom. The van der Waals surface area contributed by atoms with Gasteiger partial charge in [0.1, 0.15) is 17.9 Å². The standard InChI is InChI=1S/C19H14ClNO4/c20-14-5-1-12(2-6-14)17-9-16(25-21-17)11-23-15-7-3-13-4-8-19(22)24-18(13)10-15/h1-8,10,16H,9,11H2. The largest absolute Gasteiger partial charge is 0.489 e. The first-order valence-corrected chi connectivity index (χ1v) is 8.20. The molecule has 1 aliphatic rings. The molecule has 3 aromatic rings. The summed E-state index contributed by atoms with van der Waals surface area (Å²) < 4.78 is 10.9. The first-order chi connectivity index (χ1) is 12.2. The average molecular weight is 356 g/mol. The Balaban J connectivity index is 1.39. The molecule has 0 radical (unpaired) electrons. The molecule has 1 atom stereocenters. The molecule has 0 saturated heterocycles. The van der Waals surface area contributed by atoms with Crippen molar-refractivity contribution >= 4 is 28.3 Å². The predicted octanol–water partition coefficient (Wildman–Crippen LogP) is 4.02. The first-order valence-electron chi connectivity index (χ1n) is 7.83. The third kappa shape index (κ3) is 3.51. The number of oxime groups is 1. The SMILES string of the molecule is O=c1ccc2ccc(OCC3CC(c4ccc(Cl)cc4)=NO3)cc2o1. The van der Waals surface area contributed by atoms with Gasteiger partial charge in [0, 0.05) is 29.0 Å². The van der Waals surface area contributed by atoms with Crippen LogP contribution >= 0.6 is 11.6 Å². The summed E-state index contributed by atoms with van der Waals surface area (Å²) >= 11 is 5.90. The molecule has 1 unspecified atom stereocenters. The van der Waals surface area contributed by atoms with Crippen LogP contribution in [0.3, 0.4) is 0 Å². The van der Waals surface area contributed by atoms with Crippen LogP contribution < -0.4 is 10.4 Å². The van der Waals surface area contributed by atoms with Crippen molar-refractivity contribution in [2.24, 2.45) is 5.16 Å². The molecule has 5 nitrogen and oxygen atoms in total. The van der Waals surface area contributed by atoms with Crippen molar-refractivity contribution in [3.8, 4) is 5.75 Å². The van der Waals surface area contributed by atoms with Crippen molar-refractivity contribution in [3.63, 3.8) is 0 Å². The predicted molar refractivity (Wildman–Crippen MR) is 95.5 cm³/mol. The molecule has 1 aliphatic heterocycles. The van der Waals surface area contributed by atoms with Crippen LogP contribution in [0.5, 0.6) is 5.75 Å². The number of hydrogen-bond acceptors (Lipinski definition) is 5. The maximum Gasteiger partial charge on any atom is 0.336 e. The highest BCUT2D eigenvalue weighted by Gasteiger charge is 2.23. The van der Waals surface area contributed by atoms with E-state index in [9.17, 15) is 4.79 Å². The molecule has 0 N–H and O–H groups in total. The molecule has 2 aromatic carbocycles. The molecule has 0 aliphatic carbocycles. The first kappa shape index (κ1) is 15.7. The minimum Gasteiger partial charge on any atom is -0.489 e. The fourth-order valence-corrected chi connectivity index (χ4v) is 2.78. The Bertz CT molecular complexity index is 994. The van der Waals surface area contributed by atoms with Gasteiger partial charge in [-0.15, -0.1) is 0 Å². The van der Waals surface area contributed by atoms with E-state index in [1.165, 1.54) is 6.07 Å². The van der Waals surface area contributed by atoms with Gasteiger partial charge in [0.25, 0.3) is 0 Å². The van der Waals surface area contributed by atoms with Gasteiger partial charge in [-0.3, -0.25) is 0 Å². The highest BCUT2D eigenvalue weighted by molar-refractivity contribution is 6.30. The Kier molecular flexibility index (Phi) is 4.15. The normalized spacial score (nSPS) is 16.5. The summed E-state index contributed by atoms with van der Waals surface area (Å²) in [6, 6.07) is 16.0. The second kappa shape index (κ2) is 6.61. The fraction of sp³-hybridized carbons (Fsp3) is 0.158. The summed E-state index contributed by atoms with van der Waals surface area (Å²) in [5.74, 6) is 0.616. The lowest BCUT2D eigenvalue weighted by Crippen LogP contribution is -2.18. The van der Waals surface area contributed by atoms with Crippen molar-refractivity contribution in [1.82, 2.24) is 0 Å². The topological polar surface area (TPSA) is 61.0 Å². The van der Waals surface area contributed by atoms with Gasteiger partial charge in [0.2, 0.25) is 0 Å². The Hall–Kier alpha value is -2.79. The quantitative estimate of drug-likeness (QED) is 0.663. The Morgan fingerprint density at radius 2 is 1.92 bits per heavy atom. The van der Waals surface area contributed by atoms with E-state index in [0.29, 0.717) is 29.4 Å². The third-order valence-corrected chi connectivity index (χ3v) is 4.19. The van der Waals surface area contributed by atoms with Crippen molar-refractivity contribution in [3.05, 3.63) is 75.6 Å². The molecule has 0 fully saturated rings. The number of hydrogen-bond donors (Lipinski definition) is 0. The summed E-state index contributed by atoms with van der Waals surface area (Å²) in [7, 11) is 0. The molecule has 6 heteroatoms. The Labute approximate surface area is 148 Å². The zero-order chi connectivity index (χ0) is 17.2. The van der Waals surface area contributed by atoms with E-state index in [2.05, 4.69) is 5.16 Å². The molecule has 4 rings (SSSR count). The number of nitrogens with zero attached hydrogens (tertiary/aromatic N) is 1. The smallest absolute Gasteiger partial charge is 0.336 e. The summed E-state index contributed by atoms with van der Waals surface area (Å²) in [5.41, 5.74) is 1.97. The van der Waals surface area contributed by atoms with Gasteiger partial charge in [0.15, 0.2) is 6.10 Å². The Morgan fingerprint density at radius 1 is 1.12 bits per heavy atom. The minimum absolute atomic E-state index is 0.163. The van der Waals surface area contributed by atoms with Crippen LogP contribution in [0.4, 0.5) is 0 Å². The fourth-order valence-electron chi connectivity index (χ4n) is 2.65. The summed E-state index contributed by atoms with van der Waals surface area (Å²) in [6.07, 6.45) is 0.494. The molecule has 126 valence electrons. The monoisotopic (exact) mass is 355 g/mol. The number of benzene rings is 2. The zero-order valence-electron chi connectivity index (χ0n) is 13.1. The van der Waals surface area contributed by atoms with Crippen LogP contribution in [-0.4, -0.2) is 18.4 Å². The van der Waals surface area contributed by atoms with Crippen LogP contribution in [0.2, 0.25) is 5.02 Å². The van der Waals surface area contributed by atoms with E-state index in [4.69, 9.17) is 25.6 Å². The van der Waals surface area contributed by atoms with E-state index < -0.39 is 0 Å². The van der Waals surface area contributed by atoms with E-state index >= 15 is 0 Å². The van der Waals surface area contributed by atoms with Crippen molar-refractivity contribution < 1.29 is 14.0 Å². The number of rotatable bonds is 4. The second-order valence-electron chi connectivity index (χ2n) is 5.74. The number of ether oxygens (including phenoxy) is 1. The average Bonchev–Trinajstić information content (AvgIpc) is 3.09. The summed E-state index contributed by atoms with van der Waals surface area (Å²) in [4.78, 5) is 16.7. The minimum atomic E-state index is -0.384. The van der Waals surface area contributed by atoms with Gasteiger partial charge in [-0.05, 0) is 35.9 Å². The molecule has 0 amide bonds. The maximum atomic E-state index is 11.3. The number of fused-ring (bicyclic) bond motifs is 1. The summed E-state index contributed by atoms with van der Waals surface area (Å²) in [6.45, 7) is 0.350.